The number of carboxylic acid groups (broad SMARTS) is 1. The molecule has 2 rings (SSSR count). The van der Waals surface area contributed by atoms with Crippen molar-refractivity contribution in [1.29, 1.82) is 0 Å². The first kappa shape index (κ1) is 13.1. The zero-order valence-corrected chi connectivity index (χ0v) is 10.6. The van der Waals surface area contributed by atoms with Crippen molar-refractivity contribution in [2.24, 2.45) is 0 Å². The largest absolute Gasteiger partial charge is 0.475 e. The minimum atomic E-state index is -1.00. The van der Waals surface area contributed by atoms with Crippen LogP contribution in [-0.2, 0) is 11.3 Å². The van der Waals surface area contributed by atoms with Crippen molar-refractivity contribution in [3.8, 4) is 0 Å². The molecule has 1 N–H and O–H groups in total. The van der Waals surface area contributed by atoms with E-state index in [-0.39, 0.29) is 5.76 Å². The molecule has 0 aliphatic carbocycles. The van der Waals surface area contributed by atoms with Gasteiger partial charge in [0.1, 0.15) is 0 Å². The van der Waals surface area contributed by atoms with Crippen LogP contribution in [0, 0.1) is 0 Å². The first-order valence-electron chi connectivity index (χ1n) is 6.34. The molecule has 18 heavy (non-hydrogen) atoms. The Hall–Kier alpha value is -1.33. The summed E-state index contributed by atoms with van der Waals surface area (Å²) in [6.45, 7) is 5.29. The first-order valence-corrected chi connectivity index (χ1v) is 6.34. The zero-order chi connectivity index (χ0) is 13.0. The molecular weight excluding hydrogens is 234 g/mol. The van der Waals surface area contributed by atoms with Crippen molar-refractivity contribution >= 4 is 5.97 Å². The number of nitrogens with zero attached hydrogens (tertiary/aromatic N) is 1. The third-order valence-electron chi connectivity index (χ3n) is 3.27. The topological polar surface area (TPSA) is 62.9 Å². The Bertz CT molecular complexity index is 393. The fourth-order valence-electron chi connectivity index (χ4n) is 2.36. The van der Waals surface area contributed by atoms with E-state index in [2.05, 4.69) is 4.90 Å². The maximum absolute atomic E-state index is 10.9. The molecule has 1 aromatic rings. The van der Waals surface area contributed by atoms with Gasteiger partial charge in [-0.15, -0.1) is 0 Å². The van der Waals surface area contributed by atoms with Gasteiger partial charge < -0.3 is 14.3 Å². The van der Waals surface area contributed by atoms with Crippen LogP contribution in [0.25, 0.3) is 0 Å². The smallest absolute Gasteiger partial charge is 0.372 e. The van der Waals surface area contributed by atoms with Crippen LogP contribution in [0.2, 0.25) is 0 Å². The molecule has 0 atom stereocenters. The van der Waals surface area contributed by atoms with Crippen LogP contribution in [0.1, 0.15) is 35.9 Å². The van der Waals surface area contributed by atoms with Crippen LogP contribution >= 0.6 is 0 Å². The summed E-state index contributed by atoms with van der Waals surface area (Å²) in [7, 11) is 0. The fourth-order valence-corrected chi connectivity index (χ4v) is 2.36. The number of ether oxygens (including phenoxy) is 1. The summed E-state index contributed by atoms with van der Waals surface area (Å²) in [5, 5.41) is 8.96. The highest BCUT2D eigenvalue weighted by Gasteiger charge is 2.22. The number of carbonyl (C=O) groups is 1. The van der Waals surface area contributed by atoms with Crippen molar-refractivity contribution in [2.75, 3.05) is 19.7 Å². The third kappa shape index (κ3) is 3.11. The number of likely N-dealkylation sites (tertiary alicyclic amines) is 1. The molecule has 0 aromatic carbocycles. The van der Waals surface area contributed by atoms with E-state index in [9.17, 15) is 4.79 Å². The Kier molecular flexibility index (Phi) is 4.38. The quantitative estimate of drug-likeness (QED) is 0.869. The van der Waals surface area contributed by atoms with Crippen molar-refractivity contribution in [3.63, 3.8) is 0 Å². The lowest BCUT2D eigenvalue weighted by Crippen LogP contribution is -2.36. The van der Waals surface area contributed by atoms with Gasteiger partial charge >= 0.3 is 5.97 Å². The Balaban J connectivity index is 1.88. The molecule has 1 aromatic heterocycles. The summed E-state index contributed by atoms with van der Waals surface area (Å²) in [6, 6.07) is 1.73. The lowest BCUT2D eigenvalue weighted by molar-refractivity contribution is 0.0123. The number of aromatic carboxylic acids is 1. The van der Waals surface area contributed by atoms with Gasteiger partial charge in [-0.3, -0.25) is 4.90 Å². The SMILES string of the molecule is CCOC1CCN(Cc2ccoc2C(=O)O)CC1. The lowest BCUT2D eigenvalue weighted by Gasteiger charge is -2.31. The van der Waals surface area contributed by atoms with E-state index in [1.165, 1.54) is 6.26 Å². The van der Waals surface area contributed by atoms with Gasteiger partial charge in [-0.1, -0.05) is 0 Å². The van der Waals surface area contributed by atoms with Crippen molar-refractivity contribution in [3.05, 3.63) is 23.7 Å². The third-order valence-corrected chi connectivity index (χ3v) is 3.27. The van der Waals surface area contributed by atoms with E-state index < -0.39 is 5.97 Å². The van der Waals surface area contributed by atoms with Gasteiger partial charge in [0, 0.05) is 31.8 Å². The molecule has 1 saturated heterocycles. The summed E-state index contributed by atoms with van der Waals surface area (Å²) < 4.78 is 10.6. The average molecular weight is 253 g/mol. The van der Waals surface area contributed by atoms with Crippen molar-refractivity contribution < 1.29 is 19.1 Å². The highest BCUT2D eigenvalue weighted by molar-refractivity contribution is 5.86. The zero-order valence-electron chi connectivity index (χ0n) is 10.6. The minimum Gasteiger partial charge on any atom is -0.475 e. The van der Waals surface area contributed by atoms with Gasteiger partial charge in [0.25, 0.3) is 0 Å². The molecule has 0 radical (unpaired) electrons. The van der Waals surface area contributed by atoms with Gasteiger partial charge in [-0.2, -0.15) is 0 Å². The van der Waals surface area contributed by atoms with E-state index in [1.54, 1.807) is 6.07 Å². The van der Waals surface area contributed by atoms with Gasteiger partial charge in [0.15, 0.2) is 0 Å². The summed E-state index contributed by atoms with van der Waals surface area (Å²) in [6.07, 6.45) is 3.81. The van der Waals surface area contributed by atoms with Crippen LogP contribution < -0.4 is 0 Å². The molecule has 1 fully saturated rings. The second kappa shape index (κ2) is 6.02. The summed E-state index contributed by atoms with van der Waals surface area (Å²) >= 11 is 0. The van der Waals surface area contributed by atoms with Crippen molar-refractivity contribution in [2.45, 2.75) is 32.4 Å². The highest BCUT2D eigenvalue weighted by atomic mass is 16.5. The number of rotatable bonds is 5. The van der Waals surface area contributed by atoms with Gasteiger partial charge in [0.2, 0.25) is 5.76 Å². The Morgan fingerprint density at radius 2 is 2.28 bits per heavy atom. The Morgan fingerprint density at radius 1 is 1.56 bits per heavy atom. The monoisotopic (exact) mass is 253 g/mol. The fraction of sp³-hybridized carbons (Fsp3) is 0.615. The van der Waals surface area contributed by atoms with Gasteiger partial charge in [0.05, 0.1) is 12.4 Å². The molecule has 5 nitrogen and oxygen atoms in total. The molecule has 0 saturated carbocycles. The number of hydrogen-bond acceptors (Lipinski definition) is 4. The molecule has 1 aliphatic heterocycles. The number of piperidine rings is 1. The van der Waals surface area contributed by atoms with Crippen molar-refractivity contribution in [1.82, 2.24) is 4.90 Å². The maximum Gasteiger partial charge on any atom is 0.372 e. The highest BCUT2D eigenvalue weighted by Crippen LogP contribution is 2.18. The van der Waals surface area contributed by atoms with E-state index in [0.717, 1.165) is 38.1 Å². The van der Waals surface area contributed by atoms with Crippen LogP contribution in [0.4, 0.5) is 0 Å². The molecule has 0 unspecified atom stereocenters. The van der Waals surface area contributed by atoms with Crippen LogP contribution in [0.5, 0.6) is 0 Å². The average Bonchev–Trinajstić information content (AvgIpc) is 2.80. The van der Waals surface area contributed by atoms with Crippen LogP contribution in [0.3, 0.4) is 0 Å². The second-order valence-corrected chi connectivity index (χ2v) is 4.51. The maximum atomic E-state index is 10.9. The number of furan rings is 1. The van der Waals surface area contributed by atoms with Gasteiger partial charge in [-0.25, -0.2) is 4.79 Å². The van der Waals surface area contributed by atoms with E-state index in [4.69, 9.17) is 14.3 Å². The van der Waals surface area contributed by atoms with Crippen LogP contribution in [0.15, 0.2) is 16.7 Å². The second-order valence-electron chi connectivity index (χ2n) is 4.51. The number of hydrogen-bond donors (Lipinski definition) is 1. The van der Waals surface area contributed by atoms with Crippen LogP contribution in [-0.4, -0.2) is 41.8 Å². The molecule has 5 heteroatoms. The summed E-state index contributed by atoms with van der Waals surface area (Å²) in [5.74, 6) is -0.943. The number of carboxylic acids is 1. The minimum absolute atomic E-state index is 0.0573. The van der Waals surface area contributed by atoms with Gasteiger partial charge in [-0.05, 0) is 25.8 Å². The predicted octanol–water partition coefficient (Wildman–Crippen LogP) is 1.98. The van der Waals surface area contributed by atoms with E-state index in [1.807, 2.05) is 6.92 Å². The normalized spacial score (nSPS) is 18.1. The predicted molar refractivity (Wildman–Crippen MR) is 65.6 cm³/mol. The first-order chi connectivity index (χ1) is 8.70. The Labute approximate surface area is 106 Å². The lowest BCUT2D eigenvalue weighted by atomic mass is 10.1. The standard InChI is InChI=1S/C13H19NO4/c1-2-17-11-3-6-14(7-4-11)9-10-5-8-18-12(10)13(15)16/h5,8,11H,2-4,6-7,9H2,1H3,(H,15,16). The molecular formula is C13H19NO4. The molecule has 1 aliphatic rings. The summed E-state index contributed by atoms with van der Waals surface area (Å²) in [5.41, 5.74) is 0.748. The Morgan fingerprint density at radius 3 is 2.89 bits per heavy atom. The molecule has 100 valence electrons. The molecule has 2 heterocycles. The van der Waals surface area contributed by atoms with E-state index in [0.29, 0.717) is 12.6 Å². The van der Waals surface area contributed by atoms with E-state index >= 15 is 0 Å². The molecule has 0 bridgehead atoms. The summed E-state index contributed by atoms with van der Waals surface area (Å²) in [4.78, 5) is 13.2. The molecule has 0 amide bonds. The molecule has 0 spiro atoms.